The van der Waals surface area contributed by atoms with Crippen molar-refractivity contribution in [3.05, 3.63) is 23.8 Å². The minimum absolute atomic E-state index is 0.0503. The number of nitrogens with one attached hydrogen (secondary N) is 1. The van der Waals surface area contributed by atoms with Crippen LogP contribution in [0.4, 0.5) is 5.69 Å². The number of hydrogen-bond donors (Lipinski definition) is 2. The third kappa shape index (κ3) is 1.46. The molecule has 2 N–H and O–H groups in total. The van der Waals surface area contributed by atoms with E-state index < -0.39 is 9.84 Å². The van der Waals surface area contributed by atoms with Gasteiger partial charge in [-0.15, -0.1) is 0 Å². The molecule has 0 amide bonds. The summed E-state index contributed by atoms with van der Waals surface area (Å²) in [6, 6.07) is 5.31. The molecule has 2 heterocycles. The molecule has 16 heavy (non-hydrogen) atoms. The highest BCUT2D eigenvalue weighted by Crippen LogP contribution is 2.42. The van der Waals surface area contributed by atoms with Crippen LogP contribution in [0, 0.1) is 0 Å². The van der Waals surface area contributed by atoms with E-state index in [9.17, 15) is 13.5 Å². The lowest BCUT2D eigenvalue weighted by Crippen LogP contribution is -2.35. The average molecular weight is 239 g/mol. The SMILES string of the molecule is O=S1(=O)CCC2Nc3cc(O)ccc3C2C1. The summed E-state index contributed by atoms with van der Waals surface area (Å²) in [6.07, 6.45) is 0.655. The van der Waals surface area contributed by atoms with Gasteiger partial charge in [0.1, 0.15) is 5.75 Å². The van der Waals surface area contributed by atoms with E-state index >= 15 is 0 Å². The topological polar surface area (TPSA) is 66.4 Å². The van der Waals surface area contributed by atoms with Gasteiger partial charge in [0.05, 0.1) is 11.5 Å². The van der Waals surface area contributed by atoms with Gasteiger partial charge >= 0.3 is 0 Å². The summed E-state index contributed by atoms with van der Waals surface area (Å²) in [5, 5.41) is 12.7. The number of aromatic hydroxyl groups is 1. The van der Waals surface area contributed by atoms with Crippen molar-refractivity contribution < 1.29 is 13.5 Å². The van der Waals surface area contributed by atoms with Crippen LogP contribution in [0.3, 0.4) is 0 Å². The Morgan fingerprint density at radius 2 is 2.19 bits per heavy atom. The minimum atomic E-state index is -2.89. The quantitative estimate of drug-likeness (QED) is 0.711. The summed E-state index contributed by atoms with van der Waals surface area (Å²) in [4.78, 5) is 0. The van der Waals surface area contributed by atoms with Crippen LogP contribution in [0.1, 0.15) is 17.9 Å². The maximum atomic E-state index is 11.6. The van der Waals surface area contributed by atoms with E-state index in [0.29, 0.717) is 6.42 Å². The Hall–Kier alpha value is -1.23. The first-order valence-corrected chi connectivity index (χ1v) is 7.17. The van der Waals surface area contributed by atoms with Crippen molar-refractivity contribution in [1.82, 2.24) is 0 Å². The second kappa shape index (κ2) is 3.13. The fraction of sp³-hybridized carbons (Fsp3) is 0.455. The molecule has 2 aliphatic rings. The fourth-order valence-corrected chi connectivity index (χ4v) is 4.39. The lowest BCUT2D eigenvalue weighted by molar-refractivity contribution is 0.475. The third-order valence-electron chi connectivity index (χ3n) is 3.44. The second-order valence-electron chi connectivity index (χ2n) is 4.53. The van der Waals surface area contributed by atoms with Gasteiger partial charge in [-0.05, 0) is 18.1 Å². The van der Waals surface area contributed by atoms with Crippen LogP contribution in [0.25, 0.3) is 0 Å². The number of sulfone groups is 1. The molecule has 5 heteroatoms. The molecule has 1 saturated heterocycles. The average Bonchev–Trinajstić information content (AvgIpc) is 2.53. The standard InChI is InChI=1S/C11H13NO3S/c13-7-1-2-8-9-6-16(14,15)4-3-10(9)12-11(8)5-7/h1-2,5,9-10,12-13H,3-4,6H2. The van der Waals surface area contributed by atoms with E-state index in [1.54, 1.807) is 12.1 Å². The first-order chi connectivity index (χ1) is 7.55. The second-order valence-corrected chi connectivity index (χ2v) is 6.76. The first kappa shape index (κ1) is 9.96. The van der Waals surface area contributed by atoms with Crippen molar-refractivity contribution in [1.29, 1.82) is 0 Å². The Bertz CT molecular complexity index is 538. The van der Waals surface area contributed by atoms with Gasteiger partial charge < -0.3 is 10.4 Å². The zero-order valence-corrected chi connectivity index (χ0v) is 9.50. The molecule has 2 atom stereocenters. The highest BCUT2D eigenvalue weighted by atomic mass is 32.2. The van der Waals surface area contributed by atoms with E-state index in [1.165, 1.54) is 0 Å². The normalized spacial score (nSPS) is 30.2. The molecule has 3 rings (SSSR count). The van der Waals surface area contributed by atoms with Gasteiger partial charge in [0.15, 0.2) is 9.84 Å². The van der Waals surface area contributed by atoms with Crippen molar-refractivity contribution >= 4 is 15.5 Å². The zero-order chi connectivity index (χ0) is 11.3. The smallest absolute Gasteiger partial charge is 0.151 e. The summed E-state index contributed by atoms with van der Waals surface area (Å²) in [5.41, 5.74) is 1.90. The number of phenolic OH excluding ortho intramolecular Hbond substituents is 1. The Labute approximate surface area is 94.2 Å². The molecule has 0 spiro atoms. The summed E-state index contributed by atoms with van der Waals surface area (Å²) in [5.74, 6) is 0.755. The molecule has 0 saturated carbocycles. The molecule has 1 aromatic carbocycles. The van der Waals surface area contributed by atoms with Gasteiger partial charge in [0.25, 0.3) is 0 Å². The predicted octanol–water partition coefficient (Wildman–Crippen LogP) is 1.09. The monoisotopic (exact) mass is 239 g/mol. The Kier molecular flexibility index (Phi) is 1.95. The van der Waals surface area contributed by atoms with Crippen LogP contribution >= 0.6 is 0 Å². The van der Waals surface area contributed by atoms with Crippen LogP contribution in [0.2, 0.25) is 0 Å². The summed E-state index contributed by atoms with van der Waals surface area (Å²) >= 11 is 0. The zero-order valence-electron chi connectivity index (χ0n) is 8.68. The molecule has 0 aliphatic carbocycles. The lowest BCUT2D eigenvalue weighted by atomic mass is 9.95. The van der Waals surface area contributed by atoms with Crippen LogP contribution in [0.5, 0.6) is 5.75 Å². The molecule has 0 aromatic heterocycles. The van der Waals surface area contributed by atoms with Gasteiger partial charge in [-0.25, -0.2) is 8.42 Å². The molecule has 0 radical (unpaired) electrons. The van der Waals surface area contributed by atoms with E-state index in [-0.39, 0.29) is 29.2 Å². The van der Waals surface area contributed by atoms with Crippen molar-refractivity contribution in [2.75, 3.05) is 16.8 Å². The maximum absolute atomic E-state index is 11.6. The fourth-order valence-electron chi connectivity index (χ4n) is 2.65. The summed E-state index contributed by atoms with van der Waals surface area (Å²) < 4.78 is 23.2. The van der Waals surface area contributed by atoms with Crippen molar-refractivity contribution in [3.8, 4) is 5.75 Å². The molecule has 86 valence electrons. The Balaban J connectivity index is 2.03. The molecule has 1 aromatic rings. The molecule has 2 unspecified atom stereocenters. The molecule has 4 nitrogen and oxygen atoms in total. The Morgan fingerprint density at radius 1 is 1.38 bits per heavy atom. The Morgan fingerprint density at radius 3 is 3.00 bits per heavy atom. The largest absolute Gasteiger partial charge is 0.508 e. The van der Waals surface area contributed by atoms with E-state index in [0.717, 1.165) is 11.3 Å². The minimum Gasteiger partial charge on any atom is -0.508 e. The van der Waals surface area contributed by atoms with E-state index in [2.05, 4.69) is 5.32 Å². The molecule has 0 bridgehead atoms. The lowest BCUT2D eigenvalue weighted by Gasteiger charge is -2.25. The van der Waals surface area contributed by atoms with Gasteiger partial charge in [0.2, 0.25) is 0 Å². The number of hydrogen-bond acceptors (Lipinski definition) is 4. The number of rotatable bonds is 0. The molecule has 1 fully saturated rings. The van der Waals surface area contributed by atoms with Crippen molar-refractivity contribution in [2.24, 2.45) is 0 Å². The van der Waals surface area contributed by atoms with Gasteiger partial charge in [-0.2, -0.15) is 0 Å². The number of benzene rings is 1. The maximum Gasteiger partial charge on any atom is 0.151 e. The summed E-state index contributed by atoms with van der Waals surface area (Å²) in [6.45, 7) is 0. The van der Waals surface area contributed by atoms with Crippen LogP contribution in [-0.2, 0) is 9.84 Å². The van der Waals surface area contributed by atoms with Gasteiger partial charge in [-0.1, -0.05) is 6.07 Å². The number of phenols is 1. The molecular weight excluding hydrogens is 226 g/mol. The number of fused-ring (bicyclic) bond motifs is 3. The highest BCUT2D eigenvalue weighted by Gasteiger charge is 2.39. The third-order valence-corrected chi connectivity index (χ3v) is 5.16. The van der Waals surface area contributed by atoms with E-state index in [4.69, 9.17) is 0 Å². The molecular formula is C11H13NO3S. The van der Waals surface area contributed by atoms with Crippen molar-refractivity contribution in [3.63, 3.8) is 0 Å². The van der Waals surface area contributed by atoms with Gasteiger partial charge in [0, 0.05) is 23.7 Å². The van der Waals surface area contributed by atoms with E-state index in [1.807, 2.05) is 6.07 Å². The van der Waals surface area contributed by atoms with Crippen LogP contribution in [-0.4, -0.2) is 31.1 Å². The van der Waals surface area contributed by atoms with Crippen molar-refractivity contribution in [2.45, 2.75) is 18.4 Å². The summed E-state index contributed by atoms with van der Waals surface area (Å²) in [7, 11) is -2.89. The van der Waals surface area contributed by atoms with Crippen LogP contribution < -0.4 is 5.32 Å². The highest BCUT2D eigenvalue weighted by molar-refractivity contribution is 7.91. The molecule has 2 aliphatic heterocycles. The van der Waals surface area contributed by atoms with Gasteiger partial charge in [-0.3, -0.25) is 0 Å². The predicted molar refractivity (Wildman–Crippen MR) is 61.5 cm³/mol. The first-order valence-electron chi connectivity index (χ1n) is 5.35. The van der Waals surface area contributed by atoms with Crippen LogP contribution in [0.15, 0.2) is 18.2 Å². The number of anilines is 1.